The molecule has 0 fully saturated rings. The van der Waals surface area contributed by atoms with Crippen molar-refractivity contribution >= 4 is 37.9 Å². The van der Waals surface area contributed by atoms with Gasteiger partial charge in [0, 0.05) is 0 Å². The Kier molecular flexibility index (Phi) is 10.3. The number of halogens is 1. The van der Waals surface area contributed by atoms with Crippen molar-refractivity contribution in [1.82, 2.24) is 0 Å². The zero-order chi connectivity index (χ0) is 15.6. The predicted octanol–water partition coefficient (Wildman–Crippen LogP) is 6.64. The Morgan fingerprint density at radius 2 is 1.19 bits per heavy atom. The molecule has 0 nitrogen and oxygen atoms in total. The fraction of sp³-hybridized carbons (Fsp3) is 0.684. The summed E-state index contributed by atoms with van der Waals surface area (Å²) in [4.78, 5) is 0. The Bertz CT molecular complexity index is 350. The van der Waals surface area contributed by atoms with Crippen molar-refractivity contribution in [2.24, 2.45) is 0 Å². The van der Waals surface area contributed by atoms with Crippen LogP contribution in [0.15, 0.2) is 24.3 Å². The molecule has 0 radical (unpaired) electrons. The second-order valence-electron chi connectivity index (χ2n) is 6.42. The molecule has 0 N–H and O–H groups in total. The van der Waals surface area contributed by atoms with E-state index in [9.17, 15) is 0 Å². The summed E-state index contributed by atoms with van der Waals surface area (Å²) in [5.41, 5.74) is 1.42. The van der Waals surface area contributed by atoms with Gasteiger partial charge < -0.3 is 0 Å². The SMILES string of the molecule is CCC[CH2][Sn]([CH2]CCC)([CH2]CCC)[c]1ccc(CBr)cc1. The summed E-state index contributed by atoms with van der Waals surface area (Å²) in [5, 5.41) is 0.981. The van der Waals surface area contributed by atoms with Gasteiger partial charge >= 0.3 is 146 Å². The van der Waals surface area contributed by atoms with Crippen LogP contribution in [-0.4, -0.2) is 18.4 Å². The monoisotopic (exact) mass is 460 g/mol. The molecule has 1 aromatic rings. The molecule has 0 bridgehead atoms. The molecule has 0 aliphatic carbocycles. The van der Waals surface area contributed by atoms with Crippen LogP contribution in [0.2, 0.25) is 13.3 Å². The molecule has 0 saturated heterocycles. The Morgan fingerprint density at radius 1 is 0.762 bits per heavy atom. The second kappa shape index (κ2) is 11.1. The van der Waals surface area contributed by atoms with E-state index in [4.69, 9.17) is 0 Å². The standard InChI is InChI=1S/C7H6Br.3C4H9.Sn/c8-6-7-4-2-1-3-5-7;3*1-3-4-2;/h2-5H,6H2;3*1,3-4H2,2H3;. The Labute approximate surface area is 145 Å². The van der Waals surface area contributed by atoms with Gasteiger partial charge in [-0.2, -0.15) is 0 Å². The van der Waals surface area contributed by atoms with Crippen molar-refractivity contribution < 1.29 is 0 Å². The van der Waals surface area contributed by atoms with Crippen LogP contribution in [0.3, 0.4) is 0 Å². The second-order valence-corrected chi connectivity index (χ2v) is 20.2. The van der Waals surface area contributed by atoms with E-state index in [0.29, 0.717) is 0 Å². The van der Waals surface area contributed by atoms with Gasteiger partial charge in [-0.25, -0.2) is 0 Å². The van der Waals surface area contributed by atoms with E-state index in [2.05, 4.69) is 61.0 Å². The van der Waals surface area contributed by atoms with Gasteiger partial charge in [0.2, 0.25) is 0 Å². The zero-order valence-corrected chi connectivity index (χ0v) is 18.7. The minimum absolute atomic E-state index is 0.981. The van der Waals surface area contributed by atoms with Gasteiger partial charge in [0.05, 0.1) is 0 Å². The number of benzene rings is 1. The third kappa shape index (κ3) is 6.25. The Balaban J connectivity index is 3.02. The van der Waals surface area contributed by atoms with Crippen LogP contribution in [0.25, 0.3) is 0 Å². The molecule has 1 aromatic carbocycles. The summed E-state index contributed by atoms with van der Waals surface area (Å²) in [5.74, 6) is 0. The van der Waals surface area contributed by atoms with E-state index in [1.54, 1.807) is 16.9 Å². The predicted molar refractivity (Wildman–Crippen MR) is 104 cm³/mol. The molecular weight excluding hydrogens is 427 g/mol. The average molecular weight is 460 g/mol. The fourth-order valence-corrected chi connectivity index (χ4v) is 19.6. The quantitative estimate of drug-likeness (QED) is 0.257. The number of hydrogen-bond donors (Lipinski definition) is 0. The summed E-state index contributed by atoms with van der Waals surface area (Å²) in [7, 11) is 0. The van der Waals surface area contributed by atoms with Crippen LogP contribution in [-0.2, 0) is 5.33 Å². The van der Waals surface area contributed by atoms with Gasteiger partial charge in [0.1, 0.15) is 0 Å². The zero-order valence-electron chi connectivity index (χ0n) is 14.3. The first-order chi connectivity index (χ1) is 10.2. The first kappa shape index (κ1) is 19.5. The van der Waals surface area contributed by atoms with E-state index >= 15 is 0 Å². The number of rotatable bonds is 11. The van der Waals surface area contributed by atoms with Crippen molar-refractivity contribution in [1.29, 1.82) is 0 Å². The number of unbranched alkanes of at least 4 members (excludes halogenated alkanes) is 3. The average Bonchev–Trinajstić information content (AvgIpc) is 2.55. The van der Waals surface area contributed by atoms with Crippen LogP contribution in [0.1, 0.15) is 64.9 Å². The minimum atomic E-state index is -2.16. The van der Waals surface area contributed by atoms with Crippen molar-refractivity contribution in [2.75, 3.05) is 0 Å². The number of hydrogen-bond acceptors (Lipinski definition) is 0. The van der Waals surface area contributed by atoms with Crippen LogP contribution in [0.4, 0.5) is 0 Å². The van der Waals surface area contributed by atoms with E-state index in [1.165, 1.54) is 44.1 Å². The maximum atomic E-state index is 3.58. The van der Waals surface area contributed by atoms with Gasteiger partial charge in [-0.3, -0.25) is 0 Å². The normalized spacial score (nSPS) is 11.8. The van der Waals surface area contributed by atoms with Crippen molar-refractivity contribution in [2.45, 2.75) is 77.9 Å². The molecular formula is C19H33BrSn. The first-order valence-electron chi connectivity index (χ1n) is 8.87. The summed E-state index contributed by atoms with van der Waals surface area (Å²) >= 11 is 1.41. The van der Waals surface area contributed by atoms with Crippen LogP contribution in [0.5, 0.6) is 0 Å². The summed E-state index contributed by atoms with van der Waals surface area (Å²) in [6.07, 6.45) is 8.42. The molecule has 0 atom stereocenters. The van der Waals surface area contributed by atoms with Gasteiger partial charge in [-0.15, -0.1) is 0 Å². The molecule has 21 heavy (non-hydrogen) atoms. The fourth-order valence-electron chi connectivity index (χ4n) is 3.30. The van der Waals surface area contributed by atoms with E-state index in [-0.39, 0.29) is 0 Å². The Hall–Kier alpha value is 0.499. The van der Waals surface area contributed by atoms with Crippen molar-refractivity contribution in [3.05, 3.63) is 29.8 Å². The van der Waals surface area contributed by atoms with E-state index < -0.39 is 18.4 Å². The molecule has 0 aliphatic heterocycles. The van der Waals surface area contributed by atoms with Crippen molar-refractivity contribution in [3.8, 4) is 0 Å². The molecule has 0 amide bonds. The maximum absolute atomic E-state index is 3.58. The van der Waals surface area contributed by atoms with Gasteiger partial charge in [-0.1, -0.05) is 0 Å². The van der Waals surface area contributed by atoms with E-state index in [1.807, 2.05) is 0 Å². The molecule has 0 unspecified atom stereocenters. The van der Waals surface area contributed by atoms with Gasteiger partial charge in [-0.05, 0) is 0 Å². The van der Waals surface area contributed by atoms with Crippen LogP contribution >= 0.6 is 15.9 Å². The molecule has 120 valence electrons. The topological polar surface area (TPSA) is 0 Å². The molecule has 0 spiro atoms. The van der Waals surface area contributed by atoms with E-state index in [0.717, 1.165) is 5.33 Å². The first-order valence-corrected chi connectivity index (χ1v) is 17.5. The van der Waals surface area contributed by atoms with Crippen LogP contribution < -0.4 is 3.58 Å². The molecule has 0 aromatic heterocycles. The van der Waals surface area contributed by atoms with Gasteiger partial charge in [0.25, 0.3) is 0 Å². The molecule has 0 heterocycles. The molecule has 0 aliphatic rings. The molecule has 0 saturated carbocycles. The summed E-state index contributed by atoms with van der Waals surface area (Å²) in [6, 6.07) is 9.71. The molecule has 1 rings (SSSR count). The molecule has 2 heteroatoms. The number of alkyl halides is 1. The van der Waals surface area contributed by atoms with Crippen LogP contribution in [0, 0.1) is 0 Å². The third-order valence-electron chi connectivity index (χ3n) is 4.75. The summed E-state index contributed by atoms with van der Waals surface area (Å²) < 4.78 is 6.50. The van der Waals surface area contributed by atoms with Crippen molar-refractivity contribution in [3.63, 3.8) is 0 Å². The van der Waals surface area contributed by atoms with Gasteiger partial charge in [0.15, 0.2) is 0 Å². The third-order valence-corrected chi connectivity index (χ3v) is 21.1. The summed E-state index contributed by atoms with van der Waals surface area (Å²) in [6.45, 7) is 7.05. The Morgan fingerprint density at radius 3 is 1.52 bits per heavy atom.